The summed E-state index contributed by atoms with van der Waals surface area (Å²) in [7, 11) is 0. The number of aromatic nitrogens is 3. The Morgan fingerprint density at radius 2 is 2.05 bits per heavy atom. The summed E-state index contributed by atoms with van der Waals surface area (Å²) in [6.07, 6.45) is 1.58. The Balaban J connectivity index is 1.89. The number of hydrogen-bond donors (Lipinski definition) is 2. The number of carbonyl (C=O) groups excluding carboxylic acids is 1. The fraction of sp³-hybridized carbons (Fsp3) is 0. The summed E-state index contributed by atoms with van der Waals surface area (Å²) < 4.78 is 0.828. The summed E-state index contributed by atoms with van der Waals surface area (Å²) in [5.74, 6) is 0.218. The van der Waals surface area contributed by atoms with Crippen molar-refractivity contribution < 1.29 is 4.79 Å². The molecule has 5 nitrogen and oxygen atoms in total. The van der Waals surface area contributed by atoms with Gasteiger partial charge in [0.25, 0.3) is 5.91 Å². The van der Waals surface area contributed by atoms with Crippen LogP contribution in [0.5, 0.6) is 0 Å². The first kappa shape index (κ1) is 11.9. The lowest BCUT2D eigenvalue weighted by Crippen LogP contribution is -2.13. The molecule has 0 spiro atoms. The fourth-order valence-electron chi connectivity index (χ4n) is 1.74. The van der Waals surface area contributed by atoms with Gasteiger partial charge in [0.05, 0.1) is 5.52 Å². The molecule has 0 saturated carbocycles. The summed E-state index contributed by atoms with van der Waals surface area (Å²) >= 11 is 3.28. The predicted molar refractivity (Wildman–Crippen MR) is 76.0 cm³/mol. The van der Waals surface area contributed by atoms with Gasteiger partial charge in [0.1, 0.15) is 5.69 Å². The minimum atomic E-state index is -0.287. The number of fused-ring (bicyclic) bond motifs is 1. The maximum atomic E-state index is 12.0. The summed E-state index contributed by atoms with van der Waals surface area (Å²) in [5.41, 5.74) is 1.22. The van der Waals surface area contributed by atoms with Gasteiger partial charge in [-0.2, -0.15) is 5.10 Å². The largest absolute Gasteiger partial charge is 0.303 e. The highest BCUT2D eigenvalue weighted by molar-refractivity contribution is 9.10. The molecule has 0 unspecified atom stereocenters. The number of benzene rings is 1. The van der Waals surface area contributed by atoms with E-state index < -0.39 is 0 Å². The van der Waals surface area contributed by atoms with Crippen molar-refractivity contribution in [1.29, 1.82) is 0 Å². The molecule has 0 aliphatic carbocycles. The number of hydrogen-bond acceptors (Lipinski definition) is 3. The zero-order chi connectivity index (χ0) is 13.2. The monoisotopic (exact) mass is 316 g/mol. The molecule has 2 N–H and O–H groups in total. The number of amides is 1. The first-order valence-electron chi connectivity index (χ1n) is 5.60. The number of H-pyrrole nitrogens is 1. The minimum Gasteiger partial charge on any atom is -0.303 e. The lowest BCUT2D eigenvalue weighted by Gasteiger charge is -2.01. The van der Waals surface area contributed by atoms with Gasteiger partial charge in [0, 0.05) is 16.1 Å². The average molecular weight is 317 g/mol. The highest BCUT2D eigenvalue weighted by Crippen LogP contribution is 2.20. The third-order valence-corrected chi connectivity index (χ3v) is 3.13. The highest BCUT2D eigenvalue weighted by Gasteiger charge is 2.11. The Morgan fingerprint density at radius 3 is 2.84 bits per heavy atom. The topological polar surface area (TPSA) is 70.7 Å². The molecule has 3 aromatic rings. The van der Waals surface area contributed by atoms with Crippen LogP contribution >= 0.6 is 15.9 Å². The standard InChI is InChI=1S/C13H9BrN4O/c14-8-5-6-11(15-7-8)13(19)16-12-9-3-1-2-4-10(9)17-18-12/h1-7H,(H2,16,17,18,19). The van der Waals surface area contributed by atoms with Crippen molar-refractivity contribution in [3.63, 3.8) is 0 Å². The number of nitrogens with one attached hydrogen (secondary N) is 2. The number of aromatic amines is 1. The first-order chi connectivity index (χ1) is 9.24. The third-order valence-electron chi connectivity index (χ3n) is 2.66. The van der Waals surface area contributed by atoms with Gasteiger partial charge in [0.2, 0.25) is 0 Å². The van der Waals surface area contributed by atoms with Crippen molar-refractivity contribution >= 4 is 38.6 Å². The van der Waals surface area contributed by atoms with Crippen LogP contribution in [0.2, 0.25) is 0 Å². The van der Waals surface area contributed by atoms with Gasteiger partial charge in [-0.15, -0.1) is 0 Å². The molecule has 2 heterocycles. The summed E-state index contributed by atoms with van der Waals surface area (Å²) in [6, 6.07) is 11.0. The van der Waals surface area contributed by atoms with E-state index in [2.05, 4.69) is 36.4 Å². The van der Waals surface area contributed by atoms with E-state index in [0.717, 1.165) is 15.4 Å². The van der Waals surface area contributed by atoms with Gasteiger partial charge < -0.3 is 5.32 Å². The second-order valence-electron chi connectivity index (χ2n) is 3.93. The molecule has 94 valence electrons. The van der Waals surface area contributed by atoms with Crippen LogP contribution < -0.4 is 5.32 Å². The van der Waals surface area contributed by atoms with Crippen LogP contribution in [0.15, 0.2) is 47.1 Å². The van der Waals surface area contributed by atoms with E-state index in [4.69, 9.17) is 0 Å². The van der Waals surface area contributed by atoms with Crippen molar-refractivity contribution in [2.24, 2.45) is 0 Å². The highest BCUT2D eigenvalue weighted by atomic mass is 79.9. The smallest absolute Gasteiger partial charge is 0.275 e. The van der Waals surface area contributed by atoms with Gasteiger partial charge in [0.15, 0.2) is 5.82 Å². The number of anilines is 1. The Morgan fingerprint density at radius 1 is 1.21 bits per heavy atom. The molecule has 2 aromatic heterocycles. The zero-order valence-electron chi connectivity index (χ0n) is 9.72. The number of carbonyl (C=O) groups is 1. The number of rotatable bonds is 2. The Bertz CT molecular complexity index is 736. The van der Waals surface area contributed by atoms with E-state index in [1.54, 1.807) is 18.3 Å². The van der Waals surface area contributed by atoms with E-state index in [0.29, 0.717) is 11.5 Å². The summed E-state index contributed by atoms with van der Waals surface area (Å²) in [5, 5.41) is 10.6. The van der Waals surface area contributed by atoms with Gasteiger partial charge in [-0.3, -0.25) is 9.89 Å². The minimum absolute atomic E-state index is 0.287. The molecule has 1 aromatic carbocycles. The van der Waals surface area contributed by atoms with Crippen molar-refractivity contribution in [3.05, 3.63) is 52.8 Å². The van der Waals surface area contributed by atoms with Crippen LogP contribution in [0, 0.1) is 0 Å². The normalized spacial score (nSPS) is 10.6. The number of halogens is 1. The average Bonchev–Trinajstić information content (AvgIpc) is 2.83. The SMILES string of the molecule is O=C(Nc1n[nH]c2ccccc12)c1ccc(Br)cn1. The molecule has 0 fully saturated rings. The maximum absolute atomic E-state index is 12.0. The molecular weight excluding hydrogens is 308 g/mol. The second kappa shape index (κ2) is 4.81. The van der Waals surface area contributed by atoms with E-state index >= 15 is 0 Å². The van der Waals surface area contributed by atoms with Crippen molar-refractivity contribution in [2.45, 2.75) is 0 Å². The molecule has 0 atom stereocenters. The molecule has 0 aliphatic rings. The van der Waals surface area contributed by atoms with Gasteiger partial charge >= 0.3 is 0 Å². The second-order valence-corrected chi connectivity index (χ2v) is 4.85. The van der Waals surface area contributed by atoms with Crippen LogP contribution in [0.25, 0.3) is 10.9 Å². The molecule has 0 saturated heterocycles. The number of pyridine rings is 1. The van der Waals surface area contributed by atoms with Crippen molar-refractivity contribution in [2.75, 3.05) is 5.32 Å². The molecule has 6 heteroatoms. The molecule has 0 bridgehead atoms. The molecular formula is C13H9BrN4O. The van der Waals surface area contributed by atoms with Crippen LogP contribution in [0.1, 0.15) is 10.5 Å². The summed E-state index contributed by atoms with van der Waals surface area (Å²) in [6.45, 7) is 0. The van der Waals surface area contributed by atoms with Crippen LogP contribution in [0.3, 0.4) is 0 Å². The van der Waals surface area contributed by atoms with Crippen LogP contribution in [0.4, 0.5) is 5.82 Å². The molecule has 0 radical (unpaired) electrons. The lowest BCUT2D eigenvalue weighted by atomic mass is 10.2. The Hall–Kier alpha value is -2.21. The van der Waals surface area contributed by atoms with Crippen molar-refractivity contribution in [1.82, 2.24) is 15.2 Å². The molecule has 19 heavy (non-hydrogen) atoms. The maximum Gasteiger partial charge on any atom is 0.275 e. The lowest BCUT2D eigenvalue weighted by molar-refractivity contribution is 0.102. The summed E-state index contributed by atoms with van der Waals surface area (Å²) in [4.78, 5) is 16.1. The van der Waals surface area contributed by atoms with E-state index in [9.17, 15) is 4.79 Å². The van der Waals surface area contributed by atoms with E-state index in [1.165, 1.54) is 0 Å². The molecule has 1 amide bonds. The van der Waals surface area contributed by atoms with E-state index in [1.807, 2.05) is 24.3 Å². The number of para-hydroxylation sites is 1. The van der Waals surface area contributed by atoms with Crippen LogP contribution in [-0.2, 0) is 0 Å². The zero-order valence-corrected chi connectivity index (χ0v) is 11.3. The van der Waals surface area contributed by atoms with Crippen LogP contribution in [-0.4, -0.2) is 21.1 Å². The fourth-order valence-corrected chi connectivity index (χ4v) is 1.97. The quantitative estimate of drug-likeness (QED) is 0.763. The van der Waals surface area contributed by atoms with Gasteiger partial charge in [-0.05, 0) is 40.2 Å². The number of nitrogens with zero attached hydrogens (tertiary/aromatic N) is 2. The predicted octanol–water partition coefficient (Wildman–Crippen LogP) is 2.97. The third kappa shape index (κ3) is 2.34. The molecule has 3 rings (SSSR count). The van der Waals surface area contributed by atoms with Gasteiger partial charge in [-0.25, -0.2) is 4.98 Å². The Labute approximate surface area is 117 Å². The molecule has 0 aliphatic heterocycles. The van der Waals surface area contributed by atoms with E-state index in [-0.39, 0.29) is 5.91 Å². The van der Waals surface area contributed by atoms with Crippen molar-refractivity contribution in [3.8, 4) is 0 Å². The first-order valence-corrected chi connectivity index (χ1v) is 6.39. The van der Waals surface area contributed by atoms with Gasteiger partial charge in [-0.1, -0.05) is 12.1 Å². The Kier molecular flexibility index (Phi) is 3.00.